The van der Waals surface area contributed by atoms with Crippen LogP contribution in [0.15, 0.2) is 29.3 Å². The summed E-state index contributed by atoms with van der Waals surface area (Å²) in [7, 11) is 1.77. The average molecular weight is 391 g/mol. The summed E-state index contributed by atoms with van der Waals surface area (Å²) in [6.07, 6.45) is 4.34. The molecule has 1 fully saturated rings. The van der Waals surface area contributed by atoms with E-state index in [-0.39, 0.29) is 0 Å². The number of nitrogens with one attached hydrogen (secondary N) is 2. The highest BCUT2D eigenvalue weighted by Gasteiger charge is 2.19. The zero-order valence-corrected chi connectivity index (χ0v) is 17.9. The molecule has 6 nitrogen and oxygen atoms in total. The first-order chi connectivity index (χ1) is 13.7. The Labute approximate surface area is 170 Å². The second-order valence-corrected chi connectivity index (χ2v) is 7.33. The van der Waals surface area contributed by atoms with Crippen LogP contribution in [0.4, 0.5) is 0 Å². The third-order valence-corrected chi connectivity index (χ3v) is 5.02. The largest absolute Gasteiger partial charge is 0.493 e. The van der Waals surface area contributed by atoms with Crippen molar-refractivity contribution < 1.29 is 9.47 Å². The van der Waals surface area contributed by atoms with Crippen LogP contribution in [0.2, 0.25) is 0 Å². The number of hydrogen-bond donors (Lipinski definition) is 2. The Balaban J connectivity index is 1.67. The number of nitrogens with zero attached hydrogens (tertiary/aromatic N) is 2. The number of methoxy groups -OCH3 is 1. The summed E-state index contributed by atoms with van der Waals surface area (Å²) in [5.41, 5.74) is 1.18. The second kappa shape index (κ2) is 13.4. The molecule has 1 heterocycles. The number of aliphatic imine (C=N–C) groups is 1. The van der Waals surface area contributed by atoms with Gasteiger partial charge in [0.1, 0.15) is 5.75 Å². The van der Waals surface area contributed by atoms with E-state index in [4.69, 9.17) is 14.5 Å². The maximum Gasteiger partial charge on any atom is 0.191 e. The molecule has 158 valence electrons. The highest BCUT2D eigenvalue weighted by molar-refractivity contribution is 5.80. The molecule has 0 unspecified atom stereocenters. The van der Waals surface area contributed by atoms with Crippen molar-refractivity contribution >= 4 is 5.96 Å². The van der Waals surface area contributed by atoms with Gasteiger partial charge in [-0.3, -0.25) is 4.99 Å². The van der Waals surface area contributed by atoms with Crippen LogP contribution in [0, 0.1) is 6.92 Å². The van der Waals surface area contributed by atoms with Crippen LogP contribution in [0.3, 0.4) is 0 Å². The van der Waals surface area contributed by atoms with Gasteiger partial charge < -0.3 is 25.0 Å². The molecule has 1 aromatic rings. The van der Waals surface area contributed by atoms with Crippen LogP contribution < -0.4 is 15.4 Å². The molecule has 28 heavy (non-hydrogen) atoms. The highest BCUT2D eigenvalue weighted by atomic mass is 16.5. The van der Waals surface area contributed by atoms with E-state index < -0.39 is 0 Å². The fourth-order valence-electron chi connectivity index (χ4n) is 3.40. The quantitative estimate of drug-likeness (QED) is 0.346. The van der Waals surface area contributed by atoms with Crippen molar-refractivity contribution in [1.82, 2.24) is 15.5 Å². The van der Waals surface area contributed by atoms with Crippen molar-refractivity contribution in [2.75, 3.05) is 53.0 Å². The number of likely N-dealkylation sites (tertiary alicyclic amines) is 1. The van der Waals surface area contributed by atoms with Gasteiger partial charge in [0.25, 0.3) is 0 Å². The maximum absolute atomic E-state index is 5.86. The summed E-state index contributed by atoms with van der Waals surface area (Å²) in [4.78, 5) is 7.26. The van der Waals surface area contributed by atoms with Crippen molar-refractivity contribution in [3.8, 4) is 5.75 Å². The van der Waals surface area contributed by atoms with Gasteiger partial charge in [0.05, 0.1) is 6.61 Å². The molecule has 2 rings (SSSR count). The van der Waals surface area contributed by atoms with Crippen LogP contribution in [0.1, 0.15) is 38.2 Å². The van der Waals surface area contributed by atoms with Crippen molar-refractivity contribution in [2.24, 2.45) is 4.99 Å². The molecule has 0 saturated carbocycles. The van der Waals surface area contributed by atoms with Crippen molar-refractivity contribution in [3.63, 3.8) is 0 Å². The molecular weight excluding hydrogens is 352 g/mol. The summed E-state index contributed by atoms with van der Waals surface area (Å²) < 4.78 is 11.0. The Morgan fingerprint density at radius 3 is 2.68 bits per heavy atom. The van der Waals surface area contributed by atoms with Crippen molar-refractivity contribution in [1.29, 1.82) is 0 Å². The normalized spacial score (nSPS) is 16.2. The SMILES string of the molecule is CCNC(=NCCCOc1ccccc1C)NC1CCN(CCCOC)CC1. The first-order valence-electron chi connectivity index (χ1n) is 10.7. The van der Waals surface area contributed by atoms with E-state index in [0.29, 0.717) is 12.6 Å². The first-order valence-corrected chi connectivity index (χ1v) is 10.7. The Morgan fingerprint density at radius 2 is 1.96 bits per heavy atom. The molecular formula is C22H38N4O2. The maximum atomic E-state index is 5.86. The first kappa shape index (κ1) is 22.5. The van der Waals surface area contributed by atoms with Crippen LogP contribution >= 0.6 is 0 Å². The molecule has 0 amide bonds. The zero-order valence-electron chi connectivity index (χ0n) is 17.9. The fraction of sp³-hybridized carbons (Fsp3) is 0.682. The fourth-order valence-corrected chi connectivity index (χ4v) is 3.40. The molecule has 1 aliphatic heterocycles. The van der Waals surface area contributed by atoms with E-state index in [9.17, 15) is 0 Å². The van der Waals surface area contributed by atoms with Crippen LogP contribution in [0.5, 0.6) is 5.75 Å². The summed E-state index contributed by atoms with van der Waals surface area (Å²) in [5.74, 6) is 1.89. The summed E-state index contributed by atoms with van der Waals surface area (Å²) in [6, 6.07) is 8.64. The lowest BCUT2D eigenvalue weighted by molar-refractivity contribution is 0.155. The molecule has 0 aromatic heterocycles. The minimum Gasteiger partial charge on any atom is -0.493 e. The zero-order chi connectivity index (χ0) is 20.0. The molecule has 2 N–H and O–H groups in total. The Hall–Kier alpha value is -1.79. The molecule has 0 spiro atoms. The lowest BCUT2D eigenvalue weighted by Crippen LogP contribution is -2.48. The predicted molar refractivity (Wildman–Crippen MR) is 116 cm³/mol. The monoisotopic (exact) mass is 390 g/mol. The standard InChI is InChI=1S/C22H38N4O2/c1-4-23-22(24-13-7-18-28-21-10-6-5-9-19(21)2)25-20-11-15-26(16-12-20)14-8-17-27-3/h5-6,9-10,20H,4,7-8,11-18H2,1-3H3,(H2,23,24,25). The van der Waals surface area contributed by atoms with Crippen LogP contribution in [-0.2, 0) is 4.74 Å². The lowest BCUT2D eigenvalue weighted by Gasteiger charge is -2.33. The Morgan fingerprint density at radius 1 is 1.18 bits per heavy atom. The van der Waals surface area contributed by atoms with E-state index in [2.05, 4.69) is 35.4 Å². The minimum atomic E-state index is 0.500. The third-order valence-electron chi connectivity index (χ3n) is 5.02. The van der Waals surface area contributed by atoms with E-state index in [1.807, 2.05) is 18.2 Å². The van der Waals surface area contributed by atoms with Gasteiger partial charge in [0.2, 0.25) is 0 Å². The molecule has 0 bridgehead atoms. The number of benzene rings is 1. The number of hydrogen-bond acceptors (Lipinski definition) is 4. The van der Waals surface area contributed by atoms with E-state index in [1.54, 1.807) is 7.11 Å². The summed E-state index contributed by atoms with van der Waals surface area (Å²) in [5, 5.41) is 6.98. The van der Waals surface area contributed by atoms with Gasteiger partial charge in [-0.25, -0.2) is 0 Å². The number of ether oxygens (including phenoxy) is 2. The smallest absolute Gasteiger partial charge is 0.191 e. The van der Waals surface area contributed by atoms with Gasteiger partial charge in [0.15, 0.2) is 5.96 Å². The van der Waals surface area contributed by atoms with Crippen molar-refractivity contribution in [3.05, 3.63) is 29.8 Å². The van der Waals surface area contributed by atoms with Gasteiger partial charge in [-0.2, -0.15) is 0 Å². The van der Waals surface area contributed by atoms with Gasteiger partial charge in [0, 0.05) is 58.9 Å². The van der Waals surface area contributed by atoms with Gasteiger partial charge in [-0.1, -0.05) is 18.2 Å². The predicted octanol–water partition coefficient (Wildman–Crippen LogP) is 2.82. The minimum absolute atomic E-state index is 0.500. The van der Waals surface area contributed by atoms with E-state index in [0.717, 1.165) is 76.7 Å². The summed E-state index contributed by atoms with van der Waals surface area (Å²) >= 11 is 0. The number of rotatable bonds is 11. The topological polar surface area (TPSA) is 58.1 Å². The molecule has 1 saturated heterocycles. The lowest BCUT2D eigenvalue weighted by atomic mass is 10.1. The van der Waals surface area contributed by atoms with Crippen LogP contribution in [0.25, 0.3) is 0 Å². The second-order valence-electron chi connectivity index (χ2n) is 7.33. The summed E-state index contributed by atoms with van der Waals surface area (Å²) in [6.45, 7) is 10.8. The molecule has 0 radical (unpaired) electrons. The average Bonchev–Trinajstić information content (AvgIpc) is 2.70. The van der Waals surface area contributed by atoms with E-state index >= 15 is 0 Å². The molecule has 6 heteroatoms. The van der Waals surface area contributed by atoms with E-state index in [1.165, 1.54) is 5.56 Å². The molecule has 1 aliphatic rings. The molecule has 1 aromatic carbocycles. The van der Waals surface area contributed by atoms with Crippen molar-refractivity contribution in [2.45, 2.75) is 45.6 Å². The number of guanidine groups is 1. The van der Waals surface area contributed by atoms with Gasteiger partial charge in [-0.15, -0.1) is 0 Å². The number of piperidine rings is 1. The van der Waals surface area contributed by atoms with Gasteiger partial charge >= 0.3 is 0 Å². The third kappa shape index (κ3) is 8.48. The van der Waals surface area contributed by atoms with Gasteiger partial charge in [-0.05, 0) is 44.7 Å². The highest BCUT2D eigenvalue weighted by Crippen LogP contribution is 2.16. The molecule has 0 aliphatic carbocycles. The van der Waals surface area contributed by atoms with Crippen LogP contribution in [-0.4, -0.2) is 69.9 Å². The molecule has 0 atom stereocenters. The number of aryl methyl sites for hydroxylation is 1. The Bertz CT molecular complexity index is 571. The number of para-hydroxylation sites is 1. The Kier molecular flexibility index (Phi) is 10.8.